The van der Waals surface area contributed by atoms with E-state index in [0.717, 1.165) is 35.3 Å². The molecule has 1 atom stereocenters. The molecule has 0 unspecified atom stereocenters. The van der Waals surface area contributed by atoms with Crippen LogP contribution in [-0.4, -0.2) is 32.1 Å². The topological polar surface area (TPSA) is 53.9 Å². The number of rotatable bonds is 3. The molecule has 3 heterocycles. The maximum atomic E-state index is 13.6. The van der Waals surface area contributed by atoms with E-state index in [1.54, 1.807) is 4.68 Å². The number of nitrogens with zero attached hydrogens (tertiary/aromatic N) is 3. The second-order valence-corrected chi connectivity index (χ2v) is 8.10. The molecule has 1 amide bonds. The first-order valence-electron chi connectivity index (χ1n) is 10.6. The number of aromatic nitrogens is 3. The van der Waals surface area contributed by atoms with Gasteiger partial charge in [0.1, 0.15) is 5.69 Å². The van der Waals surface area contributed by atoms with Gasteiger partial charge in [0.15, 0.2) is 0 Å². The molecule has 0 bridgehead atoms. The number of amides is 1. The summed E-state index contributed by atoms with van der Waals surface area (Å²) < 4.78 is 1.69. The standard InChI is InChI=1S/C25H26N4O/c1-4-17-9-11-18(12-10-17)24-23-20(19-7-5-6-8-21(19)26-23)13-14-29(24)25(30)22-15-16(2)27-28(22)3/h5-12,15,24,26H,4,13-14H2,1-3H3/t24-/m1/s1. The molecule has 0 spiro atoms. The quantitative estimate of drug-likeness (QED) is 0.550. The van der Waals surface area contributed by atoms with Crippen molar-refractivity contribution < 1.29 is 4.79 Å². The van der Waals surface area contributed by atoms with Crippen LogP contribution in [0.5, 0.6) is 0 Å². The second kappa shape index (κ2) is 7.17. The van der Waals surface area contributed by atoms with Crippen LogP contribution in [0.4, 0.5) is 0 Å². The number of hydrogen-bond acceptors (Lipinski definition) is 2. The lowest BCUT2D eigenvalue weighted by Gasteiger charge is -2.36. The third-order valence-electron chi connectivity index (χ3n) is 6.22. The molecule has 5 rings (SSSR count). The molecule has 0 aliphatic carbocycles. The maximum Gasteiger partial charge on any atom is 0.272 e. The smallest absolute Gasteiger partial charge is 0.272 e. The Balaban J connectivity index is 1.66. The third-order valence-corrected chi connectivity index (χ3v) is 6.22. The summed E-state index contributed by atoms with van der Waals surface area (Å²) in [6, 6.07) is 18.8. The minimum atomic E-state index is -0.144. The second-order valence-electron chi connectivity index (χ2n) is 8.10. The number of hydrogen-bond donors (Lipinski definition) is 1. The van der Waals surface area contributed by atoms with Crippen LogP contribution in [0.3, 0.4) is 0 Å². The number of H-pyrrole nitrogens is 1. The number of nitrogens with one attached hydrogen (secondary N) is 1. The average Bonchev–Trinajstić information content (AvgIpc) is 3.31. The molecular formula is C25H26N4O. The zero-order valence-corrected chi connectivity index (χ0v) is 17.6. The summed E-state index contributed by atoms with van der Waals surface area (Å²) in [7, 11) is 1.84. The molecule has 5 nitrogen and oxygen atoms in total. The number of aryl methyl sites for hydroxylation is 3. The summed E-state index contributed by atoms with van der Waals surface area (Å²) in [5, 5.41) is 5.64. The van der Waals surface area contributed by atoms with Crippen molar-refractivity contribution in [1.82, 2.24) is 19.7 Å². The minimum absolute atomic E-state index is 0.0203. The highest BCUT2D eigenvalue weighted by Crippen LogP contribution is 2.39. The van der Waals surface area contributed by atoms with Gasteiger partial charge in [-0.05, 0) is 48.6 Å². The molecular weight excluding hydrogens is 372 g/mol. The van der Waals surface area contributed by atoms with Crippen LogP contribution in [0, 0.1) is 6.92 Å². The van der Waals surface area contributed by atoms with Crippen molar-refractivity contribution in [2.75, 3.05) is 6.54 Å². The zero-order valence-electron chi connectivity index (χ0n) is 17.6. The summed E-state index contributed by atoms with van der Waals surface area (Å²) in [5.74, 6) is 0.0203. The Hall–Kier alpha value is -3.34. The Morgan fingerprint density at radius 1 is 1.17 bits per heavy atom. The molecule has 0 saturated carbocycles. The number of carbonyl (C=O) groups excluding carboxylic acids is 1. The monoisotopic (exact) mass is 398 g/mol. The van der Waals surface area contributed by atoms with Crippen LogP contribution in [0.25, 0.3) is 10.9 Å². The highest BCUT2D eigenvalue weighted by molar-refractivity contribution is 5.94. The summed E-state index contributed by atoms with van der Waals surface area (Å²) in [4.78, 5) is 19.2. The molecule has 1 aliphatic heterocycles. The van der Waals surface area contributed by atoms with Crippen molar-refractivity contribution in [3.05, 3.63) is 88.4 Å². The van der Waals surface area contributed by atoms with Crippen molar-refractivity contribution in [3.63, 3.8) is 0 Å². The Morgan fingerprint density at radius 2 is 1.93 bits per heavy atom. The van der Waals surface area contributed by atoms with E-state index in [4.69, 9.17) is 0 Å². The van der Waals surface area contributed by atoms with E-state index in [1.165, 1.54) is 16.5 Å². The number of para-hydroxylation sites is 1. The summed E-state index contributed by atoms with van der Waals surface area (Å²) in [6.07, 6.45) is 1.84. The van der Waals surface area contributed by atoms with Gasteiger partial charge >= 0.3 is 0 Å². The highest BCUT2D eigenvalue weighted by Gasteiger charge is 2.35. The zero-order chi connectivity index (χ0) is 20.8. The highest BCUT2D eigenvalue weighted by atomic mass is 16.2. The fourth-order valence-electron chi connectivity index (χ4n) is 4.70. The Labute approximate surface area is 176 Å². The Kier molecular flexibility index (Phi) is 4.46. The van der Waals surface area contributed by atoms with Crippen LogP contribution in [-0.2, 0) is 19.9 Å². The van der Waals surface area contributed by atoms with E-state index in [9.17, 15) is 4.79 Å². The van der Waals surface area contributed by atoms with E-state index in [0.29, 0.717) is 12.2 Å². The van der Waals surface area contributed by atoms with Gasteiger partial charge in [-0.25, -0.2) is 0 Å². The van der Waals surface area contributed by atoms with Crippen LogP contribution in [0.15, 0.2) is 54.6 Å². The molecule has 1 aliphatic rings. The first-order chi connectivity index (χ1) is 14.6. The summed E-state index contributed by atoms with van der Waals surface area (Å²) in [5.41, 5.74) is 7.48. The van der Waals surface area contributed by atoms with Crippen molar-refractivity contribution in [3.8, 4) is 0 Å². The number of aromatic amines is 1. The number of carbonyl (C=O) groups is 1. The molecule has 30 heavy (non-hydrogen) atoms. The Morgan fingerprint density at radius 3 is 2.63 bits per heavy atom. The lowest BCUT2D eigenvalue weighted by molar-refractivity contribution is 0.0680. The minimum Gasteiger partial charge on any atom is -0.356 e. The van der Waals surface area contributed by atoms with Gasteiger partial charge < -0.3 is 9.88 Å². The van der Waals surface area contributed by atoms with Crippen LogP contribution < -0.4 is 0 Å². The summed E-state index contributed by atoms with van der Waals surface area (Å²) in [6.45, 7) is 4.76. The van der Waals surface area contributed by atoms with Gasteiger partial charge in [-0.2, -0.15) is 5.10 Å². The van der Waals surface area contributed by atoms with E-state index in [2.05, 4.69) is 65.5 Å². The third kappa shape index (κ3) is 2.93. The first-order valence-corrected chi connectivity index (χ1v) is 10.6. The first kappa shape index (κ1) is 18.7. The fourth-order valence-corrected chi connectivity index (χ4v) is 4.70. The van der Waals surface area contributed by atoms with E-state index < -0.39 is 0 Å². The van der Waals surface area contributed by atoms with Crippen molar-refractivity contribution in [1.29, 1.82) is 0 Å². The normalized spacial score (nSPS) is 16.1. The molecule has 5 heteroatoms. The molecule has 0 radical (unpaired) electrons. The Bertz CT molecular complexity index is 1230. The molecule has 0 saturated heterocycles. The number of fused-ring (bicyclic) bond motifs is 3. The average molecular weight is 399 g/mol. The fraction of sp³-hybridized carbons (Fsp3) is 0.280. The molecule has 1 N–H and O–H groups in total. The van der Waals surface area contributed by atoms with E-state index in [-0.39, 0.29) is 11.9 Å². The van der Waals surface area contributed by atoms with Crippen molar-refractivity contribution in [2.45, 2.75) is 32.7 Å². The molecule has 152 valence electrons. The molecule has 2 aromatic carbocycles. The van der Waals surface area contributed by atoms with Crippen LogP contribution in [0.2, 0.25) is 0 Å². The van der Waals surface area contributed by atoms with Gasteiger partial charge in [0.25, 0.3) is 5.91 Å². The van der Waals surface area contributed by atoms with Crippen LogP contribution >= 0.6 is 0 Å². The molecule has 4 aromatic rings. The lowest BCUT2D eigenvalue weighted by Crippen LogP contribution is -2.41. The maximum absolute atomic E-state index is 13.6. The van der Waals surface area contributed by atoms with E-state index >= 15 is 0 Å². The largest absolute Gasteiger partial charge is 0.356 e. The molecule has 0 fully saturated rings. The molecule has 2 aromatic heterocycles. The van der Waals surface area contributed by atoms with Gasteiger partial charge in [-0.15, -0.1) is 0 Å². The predicted octanol–water partition coefficient (Wildman–Crippen LogP) is 4.56. The SMILES string of the molecule is CCc1ccc([C@@H]2c3[nH]c4ccccc4c3CCN2C(=O)c2cc(C)nn2C)cc1. The van der Waals surface area contributed by atoms with Gasteiger partial charge in [0, 0.05) is 30.2 Å². The van der Waals surface area contributed by atoms with Crippen LogP contribution in [0.1, 0.15) is 51.5 Å². The van der Waals surface area contributed by atoms with Gasteiger partial charge in [-0.3, -0.25) is 9.48 Å². The predicted molar refractivity (Wildman–Crippen MR) is 119 cm³/mol. The van der Waals surface area contributed by atoms with Gasteiger partial charge in [-0.1, -0.05) is 49.4 Å². The number of benzene rings is 2. The van der Waals surface area contributed by atoms with Gasteiger partial charge in [0.05, 0.1) is 11.7 Å². The summed E-state index contributed by atoms with van der Waals surface area (Å²) >= 11 is 0. The van der Waals surface area contributed by atoms with Crippen molar-refractivity contribution in [2.24, 2.45) is 7.05 Å². The van der Waals surface area contributed by atoms with Crippen molar-refractivity contribution >= 4 is 16.8 Å². The van der Waals surface area contributed by atoms with Gasteiger partial charge in [0.2, 0.25) is 0 Å². The van der Waals surface area contributed by atoms with E-state index in [1.807, 2.05) is 24.9 Å². The lowest BCUT2D eigenvalue weighted by atomic mass is 9.91.